The zero-order valence-corrected chi connectivity index (χ0v) is 19.9. The summed E-state index contributed by atoms with van der Waals surface area (Å²) in [5, 5.41) is 24.6. The molecule has 0 saturated heterocycles. The van der Waals surface area contributed by atoms with E-state index in [0.717, 1.165) is 38.7 Å². The Morgan fingerprint density at radius 1 is 1.03 bits per heavy atom. The van der Waals surface area contributed by atoms with Crippen molar-refractivity contribution in [3.63, 3.8) is 0 Å². The van der Waals surface area contributed by atoms with E-state index in [9.17, 15) is 15.0 Å². The van der Waals surface area contributed by atoms with Crippen LogP contribution >= 0.6 is 11.6 Å². The van der Waals surface area contributed by atoms with E-state index in [1.54, 1.807) is 6.07 Å². The van der Waals surface area contributed by atoms with E-state index in [0.29, 0.717) is 5.56 Å². The number of hydrogen-bond acceptors (Lipinski definition) is 5. The molecule has 1 aliphatic carbocycles. The molecule has 35 heavy (non-hydrogen) atoms. The van der Waals surface area contributed by atoms with E-state index in [4.69, 9.17) is 16.3 Å². The molecule has 0 spiro atoms. The molecule has 6 nitrogen and oxygen atoms in total. The molecule has 3 N–H and O–H groups in total. The Morgan fingerprint density at radius 3 is 2.37 bits per heavy atom. The van der Waals surface area contributed by atoms with Crippen molar-refractivity contribution in [3.05, 3.63) is 100 Å². The number of aryl methyl sites for hydroxylation is 1. The normalized spacial score (nSPS) is 14.3. The summed E-state index contributed by atoms with van der Waals surface area (Å²) in [7, 11) is 0. The quantitative estimate of drug-likeness (QED) is 0.327. The monoisotopic (exact) mass is 488 g/mol. The predicted molar refractivity (Wildman–Crippen MR) is 136 cm³/mol. The first kappa shape index (κ1) is 23.3. The highest BCUT2D eigenvalue weighted by molar-refractivity contribution is 6.30. The van der Waals surface area contributed by atoms with Gasteiger partial charge in [0, 0.05) is 23.4 Å². The molecule has 0 bridgehead atoms. The number of nitrogens with one attached hydrogen (secondary N) is 1. The number of halogens is 1. The number of hydrogen-bond donors (Lipinski definition) is 3. The molecule has 0 aliphatic heterocycles. The van der Waals surface area contributed by atoms with Gasteiger partial charge in [0.15, 0.2) is 0 Å². The summed E-state index contributed by atoms with van der Waals surface area (Å²) in [4.78, 5) is 16.8. The maximum Gasteiger partial charge on any atom is 0.407 e. The number of amides is 1. The number of pyridine rings is 1. The van der Waals surface area contributed by atoms with Gasteiger partial charge in [-0.15, -0.1) is 0 Å². The number of aliphatic hydroxyl groups is 2. The Balaban J connectivity index is 1.21. The van der Waals surface area contributed by atoms with Crippen molar-refractivity contribution in [2.75, 3.05) is 13.2 Å². The third-order valence-corrected chi connectivity index (χ3v) is 6.81. The average molecular weight is 489 g/mol. The second-order valence-electron chi connectivity index (χ2n) is 8.73. The molecule has 1 aromatic heterocycles. The van der Waals surface area contributed by atoms with Gasteiger partial charge in [-0.25, -0.2) is 9.78 Å². The number of fused-ring (bicyclic) bond motifs is 4. The van der Waals surface area contributed by atoms with Gasteiger partial charge in [-0.1, -0.05) is 78.3 Å². The summed E-state index contributed by atoms with van der Waals surface area (Å²) in [6.45, 7) is 1.88. The largest absolute Gasteiger partial charge is 0.449 e. The van der Waals surface area contributed by atoms with Crippen LogP contribution in [0.25, 0.3) is 22.0 Å². The number of alkyl carbamates (subject to hydrolysis) is 1. The fraction of sp³-hybridized carbons (Fsp3) is 0.214. The molecule has 2 unspecified atom stereocenters. The van der Waals surface area contributed by atoms with Crippen LogP contribution in [-0.4, -0.2) is 40.5 Å². The average Bonchev–Trinajstić information content (AvgIpc) is 3.19. The van der Waals surface area contributed by atoms with Crippen LogP contribution < -0.4 is 5.32 Å². The lowest BCUT2D eigenvalue weighted by Gasteiger charge is -2.20. The van der Waals surface area contributed by atoms with Crippen molar-refractivity contribution >= 4 is 28.6 Å². The number of aromatic nitrogens is 1. The number of carbonyl (C=O) groups excluding carboxylic acids is 1. The van der Waals surface area contributed by atoms with E-state index in [1.807, 2.05) is 61.5 Å². The van der Waals surface area contributed by atoms with Crippen molar-refractivity contribution in [1.29, 1.82) is 0 Å². The second-order valence-corrected chi connectivity index (χ2v) is 9.09. The van der Waals surface area contributed by atoms with Gasteiger partial charge in [0.25, 0.3) is 0 Å². The fourth-order valence-corrected chi connectivity index (χ4v) is 4.96. The molecule has 1 heterocycles. The smallest absolute Gasteiger partial charge is 0.407 e. The lowest BCUT2D eigenvalue weighted by atomic mass is 9.98. The van der Waals surface area contributed by atoms with Crippen LogP contribution in [0, 0.1) is 6.92 Å². The van der Waals surface area contributed by atoms with Gasteiger partial charge < -0.3 is 20.3 Å². The zero-order chi connectivity index (χ0) is 24.5. The highest BCUT2D eigenvalue weighted by atomic mass is 35.5. The molecule has 2 atom stereocenters. The summed E-state index contributed by atoms with van der Waals surface area (Å²) < 4.78 is 5.49. The minimum absolute atomic E-state index is 0.0606. The van der Waals surface area contributed by atoms with E-state index in [2.05, 4.69) is 22.4 Å². The molecule has 0 saturated carbocycles. The van der Waals surface area contributed by atoms with Crippen LogP contribution in [0.15, 0.2) is 72.8 Å². The molecule has 3 aromatic carbocycles. The standard InChI is InChI=1S/C28H25ClN2O4/c1-16-7-6-8-17-13-22(27(29)31-25(16)17)26(33)24(32)14-30-28(34)35-15-23-20-11-4-2-9-18(20)19-10-3-5-12-21(19)23/h2-13,23-24,26,32-33H,14-15H2,1H3,(H,30,34). The first-order valence-corrected chi connectivity index (χ1v) is 11.8. The van der Waals surface area contributed by atoms with Crippen LogP contribution in [0.5, 0.6) is 0 Å². The van der Waals surface area contributed by atoms with Crippen molar-refractivity contribution < 1.29 is 19.7 Å². The van der Waals surface area contributed by atoms with Gasteiger partial charge in [0.2, 0.25) is 0 Å². The number of aliphatic hydroxyl groups excluding tert-OH is 2. The Bertz CT molecular complexity index is 1360. The molecule has 178 valence electrons. The van der Waals surface area contributed by atoms with E-state index in [1.165, 1.54) is 0 Å². The van der Waals surface area contributed by atoms with Crippen LogP contribution in [-0.2, 0) is 4.74 Å². The third kappa shape index (κ3) is 4.48. The van der Waals surface area contributed by atoms with E-state index >= 15 is 0 Å². The fourth-order valence-electron chi connectivity index (χ4n) is 4.70. The number of carbonyl (C=O) groups is 1. The van der Waals surface area contributed by atoms with Crippen LogP contribution in [0.1, 0.15) is 34.3 Å². The highest BCUT2D eigenvalue weighted by Gasteiger charge is 2.29. The zero-order valence-electron chi connectivity index (χ0n) is 19.1. The number of para-hydroxylation sites is 1. The summed E-state index contributed by atoms with van der Waals surface area (Å²) in [6.07, 6.45) is -3.29. The van der Waals surface area contributed by atoms with Gasteiger partial charge >= 0.3 is 6.09 Å². The predicted octanol–water partition coefficient (Wildman–Crippen LogP) is 5.13. The Morgan fingerprint density at radius 2 is 1.69 bits per heavy atom. The van der Waals surface area contributed by atoms with Crippen molar-refractivity contribution in [3.8, 4) is 11.1 Å². The van der Waals surface area contributed by atoms with E-state index < -0.39 is 18.3 Å². The number of nitrogens with zero attached hydrogens (tertiary/aromatic N) is 1. The second kappa shape index (κ2) is 9.66. The molecular weight excluding hydrogens is 464 g/mol. The maximum atomic E-state index is 12.4. The minimum Gasteiger partial charge on any atom is -0.449 e. The first-order valence-electron chi connectivity index (χ1n) is 11.4. The Hall–Kier alpha value is -3.45. The Labute approximate surface area is 208 Å². The number of benzene rings is 3. The van der Waals surface area contributed by atoms with Gasteiger partial charge in [-0.2, -0.15) is 0 Å². The summed E-state index contributed by atoms with van der Waals surface area (Å²) in [6, 6.07) is 23.6. The Kier molecular flexibility index (Phi) is 6.43. The highest BCUT2D eigenvalue weighted by Crippen LogP contribution is 2.44. The van der Waals surface area contributed by atoms with Crippen LogP contribution in [0.3, 0.4) is 0 Å². The van der Waals surface area contributed by atoms with Crippen molar-refractivity contribution in [2.24, 2.45) is 0 Å². The third-order valence-electron chi connectivity index (χ3n) is 6.51. The van der Waals surface area contributed by atoms with Crippen molar-refractivity contribution in [2.45, 2.75) is 25.0 Å². The van der Waals surface area contributed by atoms with Gasteiger partial charge in [0.1, 0.15) is 24.0 Å². The lowest BCUT2D eigenvalue weighted by molar-refractivity contribution is 0.0185. The first-order chi connectivity index (χ1) is 16.9. The molecular formula is C28H25ClN2O4. The molecule has 1 aliphatic rings. The van der Waals surface area contributed by atoms with Gasteiger partial charge in [-0.3, -0.25) is 0 Å². The molecule has 7 heteroatoms. The number of rotatable bonds is 6. The van der Waals surface area contributed by atoms with Crippen molar-refractivity contribution in [1.82, 2.24) is 10.3 Å². The molecule has 0 fully saturated rings. The minimum atomic E-state index is -1.33. The lowest BCUT2D eigenvalue weighted by Crippen LogP contribution is -2.36. The molecule has 0 radical (unpaired) electrons. The van der Waals surface area contributed by atoms with Gasteiger partial charge in [0.05, 0.1) is 5.52 Å². The maximum absolute atomic E-state index is 12.4. The van der Waals surface area contributed by atoms with Crippen LogP contribution in [0.2, 0.25) is 5.15 Å². The number of ether oxygens (including phenoxy) is 1. The van der Waals surface area contributed by atoms with Crippen LogP contribution in [0.4, 0.5) is 4.79 Å². The topological polar surface area (TPSA) is 91.7 Å². The SMILES string of the molecule is Cc1cccc2cc(C(O)C(O)CNC(=O)OCC3c4ccccc4-c4ccccc43)c(Cl)nc12. The molecule has 1 amide bonds. The molecule has 5 rings (SSSR count). The summed E-state index contributed by atoms with van der Waals surface area (Å²) >= 11 is 6.29. The summed E-state index contributed by atoms with van der Waals surface area (Å²) in [5.41, 5.74) is 6.52. The van der Waals surface area contributed by atoms with E-state index in [-0.39, 0.29) is 24.2 Å². The molecule has 4 aromatic rings. The van der Waals surface area contributed by atoms with Gasteiger partial charge in [-0.05, 0) is 40.8 Å². The summed E-state index contributed by atoms with van der Waals surface area (Å²) in [5.74, 6) is -0.0606.